The molecule has 2 saturated heterocycles. The van der Waals surface area contributed by atoms with Crippen molar-refractivity contribution in [2.45, 2.75) is 57.9 Å². The maximum atomic E-state index is 12.7. The molecule has 0 spiro atoms. The van der Waals surface area contributed by atoms with Crippen LogP contribution in [0.1, 0.15) is 51.9 Å². The molecule has 19 heavy (non-hydrogen) atoms. The van der Waals surface area contributed by atoms with Crippen molar-refractivity contribution < 1.29 is 4.79 Å². The van der Waals surface area contributed by atoms with Gasteiger partial charge in [0.25, 0.3) is 0 Å². The number of hydrogen-bond donors (Lipinski definition) is 1. The molecule has 2 heterocycles. The number of rotatable bonds is 3. The van der Waals surface area contributed by atoms with E-state index in [1.807, 2.05) is 0 Å². The Balaban J connectivity index is 1.54. The second-order valence-corrected chi connectivity index (χ2v) is 6.80. The first-order chi connectivity index (χ1) is 9.29. The van der Waals surface area contributed by atoms with E-state index in [-0.39, 0.29) is 6.04 Å². The Kier molecular flexibility index (Phi) is 4.11. The van der Waals surface area contributed by atoms with Crippen molar-refractivity contribution in [3.63, 3.8) is 0 Å². The van der Waals surface area contributed by atoms with Crippen LogP contribution in [0.3, 0.4) is 0 Å². The normalized spacial score (nSPS) is 35.6. The van der Waals surface area contributed by atoms with E-state index < -0.39 is 0 Å². The summed E-state index contributed by atoms with van der Waals surface area (Å²) in [7, 11) is 0. The van der Waals surface area contributed by atoms with E-state index in [9.17, 15) is 4.79 Å². The lowest BCUT2D eigenvalue weighted by molar-refractivity contribution is -0.135. The van der Waals surface area contributed by atoms with Crippen molar-refractivity contribution in [2.75, 3.05) is 19.6 Å². The van der Waals surface area contributed by atoms with Crippen molar-refractivity contribution in [3.05, 3.63) is 0 Å². The maximum absolute atomic E-state index is 12.7. The average molecular weight is 264 g/mol. The van der Waals surface area contributed by atoms with Gasteiger partial charge in [0.15, 0.2) is 0 Å². The summed E-state index contributed by atoms with van der Waals surface area (Å²) in [5.41, 5.74) is 0. The zero-order valence-electron chi connectivity index (χ0n) is 12.2. The van der Waals surface area contributed by atoms with Crippen molar-refractivity contribution in [1.29, 1.82) is 0 Å². The molecule has 2 aliphatic heterocycles. The first-order valence-electron chi connectivity index (χ1n) is 8.31. The molecule has 0 aromatic carbocycles. The van der Waals surface area contributed by atoms with Crippen molar-refractivity contribution in [1.82, 2.24) is 10.2 Å². The van der Waals surface area contributed by atoms with E-state index in [1.165, 1.54) is 44.9 Å². The monoisotopic (exact) mass is 264 g/mol. The van der Waals surface area contributed by atoms with Gasteiger partial charge in [-0.1, -0.05) is 26.2 Å². The molecule has 3 atom stereocenters. The SMILES string of the molecule is CCCC1CCN(C(=O)C2NCC3CCCC32)CC1. The molecular weight excluding hydrogens is 236 g/mol. The lowest BCUT2D eigenvalue weighted by Crippen LogP contribution is -2.49. The lowest BCUT2D eigenvalue weighted by atomic mass is 9.90. The zero-order chi connectivity index (χ0) is 13.2. The summed E-state index contributed by atoms with van der Waals surface area (Å²) in [6.45, 7) is 5.34. The fraction of sp³-hybridized carbons (Fsp3) is 0.938. The first-order valence-corrected chi connectivity index (χ1v) is 8.31. The lowest BCUT2D eigenvalue weighted by Gasteiger charge is -2.34. The molecule has 1 amide bonds. The van der Waals surface area contributed by atoms with Crippen LogP contribution in [-0.4, -0.2) is 36.5 Å². The third kappa shape index (κ3) is 2.67. The van der Waals surface area contributed by atoms with Gasteiger partial charge < -0.3 is 10.2 Å². The molecule has 3 nitrogen and oxygen atoms in total. The quantitative estimate of drug-likeness (QED) is 0.849. The minimum atomic E-state index is 0.148. The Morgan fingerprint density at radius 3 is 2.74 bits per heavy atom. The average Bonchev–Trinajstić information content (AvgIpc) is 3.01. The molecule has 0 aromatic heterocycles. The van der Waals surface area contributed by atoms with E-state index in [0.29, 0.717) is 11.8 Å². The molecule has 1 N–H and O–H groups in total. The molecular formula is C16H28N2O. The third-order valence-electron chi connectivity index (χ3n) is 5.64. The topological polar surface area (TPSA) is 32.3 Å². The highest BCUT2D eigenvalue weighted by atomic mass is 16.2. The summed E-state index contributed by atoms with van der Waals surface area (Å²) >= 11 is 0. The molecule has 3 rings (SSSR count). The van der Waals surface area contributed by atoms with Crippen LogP contribution in [-0.2, 0) is 4.79 Å². The van der Waals surface area contributed by atoms with Crippen LogP contribution in [0.2, 0.25) is 0 Å². The van der Waals surface area contributed by atoms with Crippen LogP contribution in [0.4, 0.5) is 0 Å². The molecule has 3 heteroatoms. The van der Waals surface area contributed by atoms with Gasteiger partial charge in [0.05, 0.1) is 6.04 Å². The fourth-order valence-electron chi connectivity index (χ4n) is 4.50. The van der Waals surface area contributed by atoms with Gasteiger partial charge in [-0.25, -0.2) is 0 Å². The van der Waals surface area contributed by atoms with Gasteiger partial charge in [0, 0.05) is 13.1 Å². The summed E-state index contributed by atoms with van der Waals surface area (Å²) in [6, 6.07) is 0.148. The summed E-state index contributed by atoms with van der Waals surface area (Å²) < 4.78 is 0. The second kappa shape index (κ2) is 5.82. The number of piperidine rings is 1. The first kappa shape index (κ1) is 13.4. The van der Waals surface area contributed by atoms with Crippen molar-refractivity contribution >= 4 is 5.91 Å². The van der Waals surface area contributed by atoms with Crippen molar-refractivity contribution in [3.8, 4) is 0 Å². The van der Waals surface area contributed by atoms with Crippen LogP contribution in [0.25, 0.3) is 0 Å². The van der Waals surface area contributed by atoms with Gasteiger partial charge in [-0.05, 0) is 50.0 Å². The number of amides is 1. The minimum absolute atomic E-state index is 0.148. The van der Waals surface area contributed by atoms with E-state index in [0.717, 1.165) is 31.5 Å². The van der Waals surface area contributed by atoms with Gasteiger partial charge in [0.2, 0.25) is 5.91 Å². The van der Waals surface area contributed by atoms with E-state index in [2.05, 4.69) is 17.1 Å². The van der Waals surface area contributed by atoms with Crippen LogP contribution < -0.4 is 5.32 Å². The number of fused-ring (bicyclic) bond motifs is 1. The van der Waals surface area contributed by atoms with E-state index in [4.69, 9.17) is 0 Å². The number of nitrogens with one attached hydrogen (secondary N) is 1. The third-order valence-corrected chi connectivity index (χ3v) is 5.64. The minimum Gasteiger partial charge on any atom is -0.341 e. The molecule has 3 fully saturated rings. The molecule has 0 bridgehead atoms. The standard InChI is InChI=1S/C16H28N2O/c1-2-4-12-7-9-18(10-8-12)16(19)15-14-6-3-5-13(14)11-17-15/h12-15,17H,2-11H2,1H3. The van der Waals surface area contributed by atoms with E-state index in [1.54, 1.807) is 0 Å². The van der Waals surface area contributed by atoms with Crippen LogP contribution in [0.5, 0.6) is 0 Å². The van der Waals surface area contributed by atoms with Gasteiger partial charge in [-0.15, -0.1) is 0 Å². The second-order valence-electron chi connectivity index (χ2n) is 6.80. The Morgan fingerprint density at radius 1 is 1.21 bits per heavy atom. The maximum Gasteiger partial charge on any atom is 0.240 e. The zero-order valence-corrected chi connectivity index (χ0v) is 12.2. The number of nitrogens with zero attached hydrogens (tertiary/aromatic N) is 1. The smallest absolute Gasteiger partial charge is 0.240 e. The van der Waals surface area contributed by atoms with Crippen molar-refractivity contribution in [2.24, 2.45) is 17.8 Å². The van der Waals surface area contributed by atoms with Crippen LogP contribution in [0.15, 0.2) is 0 Å². The molecule has 108 valence electrons. The molecule has 1 saturated carbocycles. The highest BCUT2D eigenvalue weighted by Gasteiger charge is 2.44. The summed E-state index contributed by atoms with van der Waals surface area (Å²) in [6.07, 6.45) is 9.00. The Labute approximate surface area is 117 Å². The van der Waals surface area contributed by atoms with Gasteiger partial charge in [-0.2, -0.15) is 0 Å². The highest BCUT2D eigenvalue weighted by molar-refractivity contribution is 5.82. The van der Waals surface area contributed by atoms with Gasteiger partial charge >= 0.3 is 0 Å². The molecule has 1 aliphatic carbocycles. The van der Waals surface area contributed by atoms with Crippen LogP contribution in [0, 0.1) is 17.8 Å². The number of hydrogen-bond acceptors (Lipinski definition) is 2. The Bertz CT molecular complexity index is 323. The number of likely N-dealkylation sites (tertiary alicyclic amines) is 1. The molecule has 3 aliphatic rings. The van der Waals surface area contributed by atoms with Gasteiger partial charge in [-0.3, -0.25) is 4.79 Å². The van der Waals surface area contributed by atoms with E-state index >= 15 is 0 Å². The Hall–Kier alpha value is -0.570. The predicted molar refractivity (Wildman–Crippen MR) is 76.8 cm³/mol. The van der Waals surface area contributed by atoms with Crippen LogP contribution >= 0.6 is 0 Å². The molecule has 0 radical (unpaired) electrons. The Morgan fingerprint density at radius 2 is 2.00 bits per heavy atom. The summed E-state index contributed by atoms with van der Waals surface area (Å²) in [5, 5.41) is 3.50. The number of carbonyl (C=O) groups is 1. The fourth-order valence-corrected chi connectivity index (χ4v) is 4.50. The van der Waals surface area contributed by atoms with Gasteiger partial charge in [0.1, 0.15) is 0 Å². The summed E-state index contributed by atoms with van der Waals surface area (Å²) in [4.78, 5) is 14.8. The molecule has 3 unspecified atom stereocenters. The molecule has 0 aromatic rings. The number of carbonyl (C=O) groups excluding carboxylic acids is 1. The highest BCUT2D eigenvalue weighted by Crippen LogP contribution is 2.38. The predicted octanol–water partition coefficient (Wildman–Crippen LogP) is 2.41. The largest absolute Gasteiger partial charge is 0.341 e. The summed E-state index contributed by atoms with van der Waals surface area (Å²) in [5.74, 6) is 2.70.